The summed E-state index contributed by atoms with van der Waals surface area (Å²) in [5, 5.41) is 19.6. The minimum Gasteiger partial charge on any atom is -0.506 e. The lowest BCUT2D eigenvalue weighted by Crippen LogP contribution is -2.15. The number of aliphatic imine (C=N–C) groups is 1. The van der Waals surface area contributed by atoms with Crippen molar-refractivity contribution in [2.24, 2.45) is 4.99 Å². The van der Waals surface area contributed by atoms with Crippen LogP contribution in [0.3, 0.4) is 0 Å². The van der Waals surface area contributed by atoms with Crippen LogP contribution in [0.5, 0.6) is 17.4 Å². The second-order valence-corrected chi connectivity index (χ2v) is 4.74. The van der Waals surface area contributed by atoms with Crippen molar-refractivity contribution >= 4 is 17.2 Å². The van der Waals surface area contributed by atoms with Gasteiger partial charge in [0.2, 0.25) is 0 Å². The smallest absolute Gasteiger partial charge is 0.351 e. The molecule has 1 heterocycles. The van der Waals surface area contributed by atoms with E-state index >= 15 is 0 Å². The Labute approximate surface area is 131 Å². The highest BCUT2D eigenvalue weighted by molar-refractivity contribution is 6.07. The Morgan fingerprint density at radius 2 is 1.74 bits per heavy atom. The average Bonchev–Trinajstić information content (AvgIpc) is 2.46. The summed E-state index contributed by atoms with van der Waals surface area (Å²) in [7, 11) is 1.53. The van der Waals surface area contributed by atoms with E-state index in [2.05, 4.69) is 9.41 Å². The fourth-order valence-corrected chi connectivity index (χ4v) is 2.06. The molecule has 2 rings (SSSR count). The van der Waals surface area contributed by atoms with Gasteiger partial charge in [0.15, 0.2) is 5.78 Å². The summed E-state index contributed by atoms with van der Waals surface area (Å²) < 4.78 is 9.63. The summed E-state index contributed by atoms with van der Waals surface area (Å²) in [5.41, 5.74) is -1.06. The summed E-state index contributed by atoms with van der Waals surface area (Å²) in [6, 6.07) is 6.69. The second-order valence-electron chi connectivity index (χ2n) is 4.74. The molecule has 0 aliphatic rings. The van der Waals surface area contributed by atoms with Crippen LogP contribution in [0.1, 0.15) is 29.8 Å². The molecule has 23 heavy (non-hydrogen) atoms. The third-order valence-corrected chi connectivity index (χ3v) is 3.16. The zero-order valence-corrected chi connectivity index (χ0v) is 12.8. The molecule has 0 atom stereocenters. The molecule has 2 aromatic rings. The Morgan fingerprint density at radius 1 is 1.13 bits per heavy atom. The quantitative estimate of drug-likeness (QED) is 0.662. The molecule has 0 spiro atoms. The maximum atomic E-state index is 11.9. The number of ketones is 1. The van der Waals surface area contributed by atoms with E-state index in [4.69, 9.17) is 4.74 Å². The predicted molar refractivity (Wildman–Crippen MR) is 83.2 cm³/mol. The van der Waals surface area contributed by atoms with Crippen LogP contribution in [-0.4, -0.2) is 28.8 Å². The van der Waals surface area contributed by atoms with Gasteiger partial charge in [-0.2, -0.15) is 0 Å². The van der Waals surface area contributed by atoms with Crippen molar-refractivity contribution in [1.29, 1.82) is 0 Å². The van der Waals surface area contributed by atoms with Gasteiger partial charge in [-0.3, -0.25) is 9.79 Å². The molecule has 0 saturated carbocycles. The highest BCUT2D eigenvalue weighted by atomic mass is 16.5. The molecule has 0 bridgehead atoms. The van der Waals surface area contributed by atoms with E-state index in [9.17, 15) is 19.8 Å². The molecule has 1 aromatic heterocycles. The highest BCUT2D eigenvalue weighted by Gasteiger charge is 2.23. The van der Waals surface area contributed by atoms with E-state index in [0.717, 1.165) is 6.92 Å². The van der Waals surface area contributed by atoms with Crippen LogP contribution in [0, 0.1) is 0 Å². The van der Waals surface area contributed by atoms with E-state index < -0.39 is 28.7 Å². The number of benzene rings is 1. The van der Waals surface area contributed by atoms with E-state index in [0.29, 0.717) is 11.4 Å². The molecule has 2 N–H and O–H groups in total. The Balaban J connectivity index is 2.56. The van der Waals surface area contributed by atoms with Crippen molar-refractivity contribution in [1.82, 2.24) is 0 Å². The van der Waals surface area contributed by atoms with Gasteiger partial charge < -0.3 is 19.4 Å². The molecule has 120 valence electrons. The van der Waals surface area contributed by atoms with Crippen molar-refractivity contribution < 1.29 is 24.2 Å². The number of aromatic hydroxyl groups is 2. The van der Waals surface area contributed by atoms with Crippen LogP contribution >= 0.6 is 0 Å². The number of nitrogens with zero attached hydrogens (tertiary/aromatic N) is 1. The maximum Gasteiger partial charge on any atom is 0.351 e. The molecule has 0 aliphatic heterocycles. The summed E-state index contributed by atoms with van der Waals surface area (Å²) in [5.74, 6) is -1.56. The van der Waals surface area contributed by atoms with Gasteiger partial charge in [0, 0.05) is 0 Å². The van der Waals surface area contributed by atoms with Crippen LogP contribution in [0.25, 0.3) is 0 Å². The first-order chi connectivity index (χ1) is 10.8. The number of ether oxygens (including phenoxy) is 1. The van der Waals surface area contributed by atoms with E-state index in [1.54, 1.807) is 24.3 Å². The fourth-order valence-electron chi connectivity index (χ4n) is 2.06. The zero-order valence-electron chi connectivity index (χ0n) is 12.8. The third-order valence-electron chi connectivity index (χ3n) is 3.16. The van der Waals surface area contributed by atoms with Crippen molar-refractivity contribution in [2.45, 2.75) is 13.8 Å². The number of carbonyl (C=O) groups excluding carboxylic acids is 1. The summed E-state index contributed by atoms with van der Waals surface area (Å²) in [6.45, 7) is 2.62. The number of methoxy groups -OCH3 is 1. The molecule has 0 unspecified atom stereocenters. The van der Waals surface area contributed by atoms with Crippen molar-refractivity contribution in [3.63, 3.8) is 0 Å². The van der Waals surface area contributed by atoms with Crippen LogP contribution in [0.15, 0.2) is 38.5 Å². The normalized spacial score (nSPS) is 11.3. The van der Waals surface area contributed by atoms with Crippen LogP contribution in [0.2, 0.25) is 0 Å². The topological polar surface area (TPSA) is 109 Å². The van der Waals surface area contributed by atoms with Gasteiger partial charge in [-0.05, 0) is 38.1 Å². The van der Waals surface area contributed by atoms with E-state index in [1.165, 1.54) is 14.0 Å². The van der Waals surface area contributed by atoms with Gasteiger partial charge in [-0.1, -0.05) is 0 Å². The fraction of sp³-hybridized carbons (Fsp3) is 0.188. The Morgan fingerprint density at radius 3 is 2.26 bits per heavy atom. The molecule has 0 fully saturated rings. The summed E-state index contributed by atoms with van der Waals surface area (Å²) >= 11 is 0. The third kappa shape index (κ3) is 3.23. The largest absolute Gasteiger partial charge is 0.506 e. The standard InChI is InChI=1S/C16H15NO6/c1-8(17-10-4-6-11(22-3)7-5-10)12-14(19)13(9(2)18)16(21)23-15(12)20/h4-7,19,21H,1-3H3. The first-order valence-corrected chi connectivity index (χ1v) is 6.64. The van der Waals surface area contributed by atoms with Gasteiger partial charge in [-0.25, -0.2) is 4.79 Å². The molecule has 0 amide bonds. The highest BCUT2D eigenvalue weighted by Crippen LogP contribution is 2.29. The van der Waals surface area contributed by atoms with Crippen molar-refractivity contribution in [2.75, 3.05) is 7.11 Å². The molecular formula is C16H15NO6. The van der Waals surface area contributed by atoms with E-state index in [1.807, 2.05) is 0 Å². The molecule has 0 saturated heterocycles. The lowest BCUT2D eigenvalue weighted by molar-refractivity contribution is 0.100. The predicted octanol–water partition coefficient (Wildman–Crippen LogP) is 2.40. The summed E-state index contributed by atoms with van der Waals surface area (Å²) in [4.78, 5) is 27.5. The Hall–Kier alpha value is -3.09. The average molecular weight is 317 g/mol. The second kappa shape index (κ2) is 6.35. The van der Waals surface area contributed by atoms with Gasteiger partial charge in [0.1, 0.15) is 22.6 Å². The number of carbonyl (C=O) groups is 1. The number of Topliss-reactive ketones (excluding diaryl/α,β-unsaturated/α-hetero) is 1. The van der Waals surface area contributed by atoms with Crippen LogP contribution < -0.4 is 10.4 Å². The molecule has 0 aliphatic carbocycles. The first-order valence-electron chi connectivity index (χ1n) is 6.64. The molecule has 1 aromatic carbocycles. The zero-order chi connectivity index (χ0) is 17.1. The Kier molecular flexibility index (Phi) is 4.49. The summed E-state index contributed by atoms with van der Waals surface area (Å²) in [6.07, 6.45) is 0. The minimum absolute atomic E-state index is 0.143. The SMILES string of the molecule is COc1ccc(N=C(C)c2c(O)c(C(C)=O)c(O)oc2=O)cc1. The van der Waals surface area contributed by atoms with Gasteiger partial charge >= 0.3 is 5.63 Å². The lowest BCUT2D eigenvalue weighted by atomic mass is 10.1. The lowest BCUT2D eigenvalue weighted by Gasteiger charge is -2.07. The first kappa shape index (κ1) is 16.3. The number of hydrogen-bond acceptors (Lipinski definition) is 7. The number of hydrogen-bond donors (Lipinski definition) is 2. The molecule has 7 nitrogen and oxygen atoms in total. The van der Waals surface area contributed by atoms with Crippen molar-refractivity contribution in [3.05, 3.63) is 45.8 Å². The minimum atomic E-state index is -0.986. The van der Waals surface area contributed by atoms with Crippen LogP contribution in [-0.2, 0) is 0 Å². The van der Waals surface area contributed by atoms with Gasteiger partial charge in [0.25, 0.3) is 5.95 Å². The van der Waals surface area contributed by atoms with Crippen LogP contribution in [0.4, 0.5) is 5.69 Å². The molecule has 7 heteroatoms. The van der Waals surface area contributed by atoms with Gasteiger partial charge in [-0.15, -0.1) is 0 Å². The van der Waals surface area contributed by atoms with E-state index in [-0.39, 0.29) is 11.3 Å². The molecular weight excluding hydrogens is 302 g/mol. The number of rotatable bonds is 4. The maximum absolute atomic E-state index is 11.9. The monoisotopic (exact) mass is 317 g/mol. The van der Waals surface area contributed by atoms with Crippen molar-refractivity contribution in [3.8, 4) is 17.4 Å². The molecule has 0 radical (unpaired) electrons. The van der Waals surface area contributed by atoms with Gasteiger partial charge in [0.05, 0.1) is 18.5 Å². The Bertz CT molecular complexity index is 833.